The zero-order chi connectivity index (χ0) is 16.9. The summed E-state index contributed by atoms with van der Waals surface area (Å²) in [5, 5.41) is 7.10. The molecule has 1 fully saturated rings. The molecule has 1 saturated heterocycles. The van der Waals surface area contributed by atoms with Crippen molar-refractivity contribution in [2.45, 2.75) is 45.2 Å². The number of hydrogen-bond acceptors (Lipinski definition) is 5. The summed E-state index contributed by atoms with van der Waals surface area (Å²) < 4.78 is 5.35. The van der Waals surface area contributed by atoms with Crippen molar-refractivity contribution in [3.8, 4) is 0 Å². The molecule has 2 aromatic rings. The lowest BCUT2D eigenvalue weighted by atomic mass is 10.0. The second-order valence-electron chi connectivity index (χ2n) is 6.23. The lowest BCUT2D eigenvalue weighted by Gasteiger charge is -2.34. The lowest BCUT2D eigenvalue weighted by Crippen LogP contribution is -2.45. The average molecular weight is 328 g/mol. The van der Waals surface area contributed by atoms with Crippen LogP contribution in [0.3, 0.4) is 0 Å². The third-order valence-electron chi connectivity index (χ3n) is 4.61. The van der Waals surface area contributed by atoms with E-state index in [9.17, 15) is 4.79 Å². The van der Waals surface area contributed by atoms with E-state index in [0.717, 1.165) is 38.2 Å². The molecule has 1 amide bonds. The van der Waals surface area contributed by atoms with Gasteiger partial charge >= 0.3 is 0 Å². The van der Waals surface area contributed by atoms with E-state index in [0.29, 0.717) is 11.5 Å². The molecule has 2 heterocycles. The van der Waals surface area contributed by atoms with Gasteiger partial charge in [-0.25, -0.2) is 0 Å². The molecule has 1 N–H and O–H groups in total. The lowest BCUT2D eigenvalue weighted by molar-refractivity contribution is 0.0881. The number of aromatic nitrogens is 2. The van der Waals surface area contributed by atoms with Gasteiger partial charge < -0.3 is 9.84 Å². The predicted octanol–water partition coefficient (Wildman–Crippen LogP) is 2.59. The van der Waals surface area contributed by atoms with Crippen LogP contribution in [0.2, 0.25) is 0 Å². The Hall–Kier alpha value is -2.21. The highest BCUT2D eigenvalue weighted by Crippen LogP contribution is 2.23. The van der Waals surface area contributed by atoms with Crippen LogP contribution in [0.15, 0.2) is 34.9 Å². The van der Waals surface area contributed by atoms with Crippen molar-refractivity contribution in [3.05, 3.63) is 47.6 Å². The SMILES string of the molecule is CCc1noc(C(C)N2CCC(NC(=O)c3ccccc3)CC2)n1. The Bertz CT molecular complexity index is 663. The van der Waals surface area contributed by atoms with E-state index in [1.165, 1.54) is 0 Å². The molecule has 1 aromatic heterocycles. The molecule has 24 heavy (non-hydrogen) atoms. The van der Waals surface area contributed by atoms with Gasteiger partial charge in [-0.3, -0.25) is 9.69 Å². The first kappa shape index (κ1) is 16.6. The number of aryl methyl sites for hydroxylation is 1. The van der Waals surface area contributed by atoms with Crippen LogP contribution in [-0.4, -0.2) is 40.1 Å². The van der Waals surface area contributed by atoms with Gasteiger partial charge in [-0.05, 0) is 31.9 Å². The molecule has 3 rings (SSSR count). The summed E-state index contributed by atoms with van der Waals surface area (Å²) >= 11 is 0. The molecule has 0 saturated carbocycles. The van der Waals surface area contributed by atoms with Crippen LogP contribution in [-0.2, 0) is 6.42 Å². The summed E-state index contributed by atoms with van der Waals surface area (Å²) in [5.74, 6) is 1.44. The largest absolute Gasteiger partial charge is 0.349 e. The van der Waals surface area contributed by atoms with Crippen molar-refractivity contribution in [1.82, 2.24) is 20.4 Å². The average Bonchev–Trinajstić information content (AvgIpc) is 3.11. The number of rotatable bonds is 5. The fourth-order valence-corrected chi connectivity index (χ4v) is 3.03. The summed E-state index contributed by atoms with van der Waals surface area (Å²) in [6.45, 7) is 5.92. The van der Waals surface area contributed by atoms with Crippen molar-refractivity contribution in [3.63, 3.8) is 0 Å². The summed E-state index contributed by atoms with van der Waals surface area (Å²) in [6.07, 6.45) is 2.64. The molecule has 1 aromatic carbocycles. The highest BCUT2D eigenvalue weighted by atomic mass is 16.5. The number of benzene rings is 1. The van der Waals surface area contributed by atoms with E-state index in [4.69, 9.17) is 4.52 Å². The standard InChI is InChI=1S/C18H24N4O2/c1-3-16-20-18(24-21-16)13(2)22-11-9-15(10-12-22)19-17(23)14-7-5-4-6-8-14/h4-8,13,15H,3,9-12H2,1-2H3,(H,19,23). The molecule has 0 spiro atoms. The second kappa shape index (κ2) is 7.57. The van der Waals surface area contributed by atoms with E-state index < -0.39 is 0 Å². The minimum atomic E-state index is 0.00610. The topological polar surface area (TPSA) is 71.3 Å². The first-order valence-electron chi connectivity index (χ1n) is 8.59. The van der Waals surface area contributed by atoms with Gasteiger partial charge in [0, 0.05) is 31.1 Å². The third-order valence-corrected chi connectivity index (χ3v) is 4.61. The Morgan fingerprint density at radius 1 is 1.33 bits per heavy atom. The number of likely N-dealkylation sites (tertiary alicyclic amines) is 1. The van der Waals surface area contributed by atoms with E-state index in [1.807, 2.05) is 37.3 Å². The Labute approximate surface area is 142 Å². The maximum atomic E-state index is 12.2. The summed E-state index contributed by atoms with van der Waals surface area (Å²) in [5.41, 5.74) is 0.714. The van der Waals surface area contributed by atoms with Crippen molar-refractivity contribution < 1.29 is 9.32 Å². The molecular weight excluding hydrogens is 304 g/mol. The van der Waals surface area contributed by atoms with Crippen molar-refractivity contribution >= 4 is 5.91 Å². The predicted molar refractivity (Wildman–Crippen MR) is 90.6 cm³/mol. The molecule has 1 aliphatic rings. The maximum absolute atomic E-state index is 12.2. The van der Waals surface area contributed by atoms with Crippen molar-refractivity contribution in [1.29, 1.82) is 0 Å². The molecule has 6 nitrogen and oxygen atoms in total. The van der Waals surface area contributed by atoms with Gasteiger partial charge in [0.05, 0.1) is 6.04 Å². The summed E-state index contributed by atoms with van der Waals surface area (Å²) in [7, 11) is 0. The number of piperidine rings is 1. The number of nitrogens with zero attached hydrogens (tertiary/aromatic N) is 3. The molecule has 0 bridgehead atoms. The van der Waals surface area contributed by atoms with Gasteiger partial charge in [0.2, 0.25) is 5.89 Å². The van der Waals surface area contributed by atoms with Gasteiger partial charge in [0.15, 0.2) is 5.82 Å². The zero-order valence-electron chi connectivity index (χ0n) is 14.2. The molecule has 1 unspecified atom stereocenters. The first-order valence-corrected chi connectivity index (χ1v) is 8.59. The quantitative estimate of drug-likeness (QED) is 0.913. The Morgan fingerprint density at radius 2 is 2.04 bits per heavy atom. The second-order valence-corrected chi connectivity index (χ2v) is 6.23. The van der Waals surface area contributed by atoms with Gasteiger partial charge in [-0.1, -0.05) is 30.3 Å². The molecule has 0 radical (unpaired) electrons. The van der Waals surface area contributed by atoms with Crippen LogP contribution in [0.5, 0.6) is 0 Å². The van der Waals surface area contributed by atoms with Crippen LogP contribution >= 0.6 is 0 Å². The van der Waals surface area contributed by atoms with Crippen LogP contribution in [0.1, 0.15) is 54.8 Å². The van der Waals surface area contributed by atoms with Crippen molar-refractivity contribution in [2.24, 2.45) is 0 Å². The minimum absolute atomic E-state index is 0.00610. The number of carbonyl (C=O) groups excluding carboxylic acids is 1. The number of amides is 1. The van der Waals surface area contributed by atoms with E-state index in [1.54, 1.807) is 0 Å². The van der Waals surface area contributed by atoms with Crippen LogP contribution in [0.25, 0.3) is 0 Å². The van der Waals surface area contributed by atoms with E-state index in [-0.39, 0.29) is 18.0 Å². The Morgan fingerprint density at radius 3 is 2.67 bits per heavy atom. The first-order chi connectivity index (χ1) is 11.7. The van der Waals surface area contributed by atoms with Crippen LogP contribution in [0.4, 0.5) is 0 Å². The molecule has 0 aliphatic carbocycles. The van der Waals surface area contributed by atoms with Crippen molar-refractivity contribution in [2.75, 3.05) is 13.1 Å². The Balaban J connectivity index is 1.51. The highest BCUT2D eigenvalue weighted by Gasteiger charge is 2.27. The number of carbonyl (C=O) groups is 1. The molecule has 1 aliphatic heterocycles. The smallest absolute Gasteiger partial charge is 0.251 e. The van der Waals surface area contributed by atoms with Gasteiger partial charge in [-0.15, -0.1) is 0 Å². The fraction of sp³-hybridized carbons (Fsp3) is 0.500. The normalized spacial score (nSPS) is 17.6. The number of hydrogen-bond donors (Lipinski definition) is 1. The Kier molecular flexibility index (Phi) is 5.25. The molecule has 6 heteroatoms. The van der Waals surface area contributed by atoms with E-state index in [2.05, 4.69) is 27.3 Å². The molecule has 128 valence electrons. The highest BCUT2D eigenvalue weighted by molar-refractivity contribution is 5.94. The summed E-state index contributed by atoms with van der Waals surface area (Å²) in [6, 6.07) is 9.69. The van der Waals surface area contributed by atoms with Crippen LogP contribution < -0.4 is 5.32 Å². The monoisotopic (exact) mass is 328 g/mol. The van der Waals surface area contributed by atoms with Gasteiger partial charge in [-0.2, -0.15) is 4.98 Å². The fourth-order valence-electron chi connectivity index (χ4n) is 3.03. The van der Waals surface area contributed by atoms with Gasteiger partial charge in [0.25, 0.3) is 5.91 Å². The third kappa shape index (κ3) is 3.82. The van der Waals surface area contributed by atoms with Crippen LogP contribution in [0, 0.1) is 0 Å². The molecular formula is C18H24N4O2. The zero-order valence-corrected chi connectivity index (χ0v) is 14.2. The van der Waals surface area contributed by atoms with Gasteiger partial charge in [0.1, 0.15) is 0 Å². The minimum Gasteiger partial charge on any atom is -0.349 e. The maximum Gasteiger partial charge on any atom is 0.251 e. The number of nitrogens with one attached hydrogen (secondary N) is 1. The molecule has 1 atom stereocenters. The van der Waals surface area contributed by atoms with E-state index >= 15 is 0 Å². The summed E-state index contributed by atoms with van der Waals surface area (Å²) in [4.78, 5) is 19.0.